The number of hydrogen-bond acceptors (Lipinski definition) is 6. The van der Waals surface area contributed by atoms with Crippen LogP contribution >= 0.6 is 0 Å². The van der Waals surface area contributed by atoms with E-state index in [0.29, 0.717) is 61.5 Å². The summed E-state index contributed by atoms with van der Waals surface area (Å²) in [4.78, 5) is 15.4. The molecule has 0 spiro atoms. The standard InChI is InChI=1S/C29H31NO6/c1-19-6-4-5-7-26(19)20-12-22-17-30(29(31)21-13-24(32-2)16-25(14-21)33-3)9-11-35-28(22)27(15-20)36-23-8-10-34-18-23/h4-7,12-16,23H,8-11,17-18H2,1-3H3. The van der Waals surface area contributed by atoms with Gasteiger partial charge in [0, 0.05) is 30.2 Å². The minimum absolute atomic E-state index is 0.0185. The molecule has 0 aromatic heterocycles. The first-order valence-corrected chi connectivity index (χ1v) is 12.2. The first-order chi connectivity index (χ1) is 17.6. The molecular formula is C29H31NO6. The number of fused-ring (bicyclic) bond motifs is 1. The van der Waals surface area contributed by atoms with E-state index >= 15 is 0 Å². The summed E-state index contributed by atoms with van der Waals surface area (Å²) >= 11 is 0. The Morgan fingerprint density at radius 2 is 1.78 bits per heavy atom. The number of rotatable bonds is 6. The van der Waals surface area contributed by atoms with E-state index in [4.69, 9.17) is 23.7 Å². The predicted octanol–water partition coefficient (Wildman–Crippen LogP) is 4.88. The molecular weight excluding hydrogens is 458 g/mol. The molecule has 188 valence electrons. The van der Waals surface area contributed by atoms with Crippen LogP contribution in [0.5, 0.6) is 23.0 Å². The molecule has 3 aromatic rings. The predicted molar refractivity (Wildman–Crippen MR) is 136 cm³/mol. The van der Waals surface area contributed by atoms with Gasteiger partial charge < -0.3 is 28.6 Å². The Kier molecular flexibility index (Phi) is 7.00. The SMILES string of the molecule is COc1cc(OC)cc(C(=O)N2CCOc3c(cc(-c4ccccc4C)cc3OC3CCOC3)C2)c1. The summed E-state index contributed by atoms with van der Waals surface area (Å²) in [5.41, 5.74) is 4.72. The Hall–Kier alpha value is -3.71. The molecule has 7 heteroatoms. The van der Waals surface area contributed by atoms with Crippen LogP contribution in [0.1, 0.15) is 27.9 Å². The topological polar surface area (TPSA) is 66.5 Å². The van der Waals surface area contributed by atoms with E-state index < -0.39 is 0 Å². The third-order valence-corrected chi connectivity index (χ3v) is 6.62. The molecule has 1 amide bonds. The lowest BCUT2D eigenvalue weighted by molar-refractivity contribution is 0.0732. The van der Waals surface area contributed by atoms with Crippen molar-refractivity contribution < 1.29 is 28.5 Å². The maximum atomic E-state index is 13.6. The minimum Gasteiger partial charge on any atom is -0.497 e. The molecule has 3 aromatic carbocycles. The van der Waals surface area contributed by atoms with E-state index in [1.54, 1.807) is 37.3 Å². The summed E-state index contributed by atoms with van der Waals surface area (Å²) in [5.74, 6) is 2.41. The van der Waals surface area contributed by atoms with Gasteiger partial charge in [0.05, 0.1) is 34.0 Å². The maximum Gasteiger partial charge on any atom is 0.254 e. The van der Waals surface area contributed by atoms with Gasteiger partial charge in [-0.2, -0.15) is 0 Å². The Labute approximate surface area is 211 Å². The molecule has 0 aliphatic carbocycles. The van der Waals surface area contributed by atoms with E-state index in [1.807, 2.05) is 18.2 Å². The van der Waals surface area contributed by atoms with E-state index in [9.17, 15) is 4.79 Å². The molecule has 36 heavy (non-hydrogen) atoms. The van der Waals surface area contributed by atoms with Crippen LogP contribution < -0.4 is 18.9 Å². The highest BCUT2D eigenvalue weighted by Crippen LogP contribution is 2.40. The molecule has 1 atom stereocenters. The van der Waals surface area contributed by atoms with Gasteiger partial charge in [0.2, 0.25) is 0 Å². The molecule has 0 N–H and O–H groups in total. The Bertz CT molecular complexity index is 1230. The molecule has 1 fully saturated rings. The van der Waals surface area contributed by atoms with Gasteiger partial charge >= 0.3 is 0 Å². The lowest BCUT2D eigenvalue weighted by Gasteiger charge is -2.22. The van der Waals surface area contributed by atoms with Crippen molar-refractivity contribution in [2.24, 2.45) is 0 Å². The van der Waals surface area contributed by atoms with Gasteiger partial charge in [-0.25, -0.2) is 0 Å². The zero-order chi connectivity index (χ0) is 25.1. The minimum atomic E-state index is -0.114. The summed E-state index contributed by atoms with van der Waals surface area (Å²) in [7, 11) is 3.14. The van der Waals surface area contributed by atoms with Gasteiger partial charge in [-0.15, -0.1) is 0 Å². The lowest BCUT2D eigenvalue weighted by atomic mass is 9.97. The zero-order valence-electron chi connectivity index (χ0n) is 20.9. The second-order valence-electron chi connectivity index (χ2n) is 9.06. The largest absolute Gasteiger partial charge is 0.497 e. The average Bonchev–Trinajstić information content (AvgIpc) is 3.32. The summed E-state index contributed by atoms with van der Waals surface area (Å²) in [5, 5.41) is 0. The van der Waals surface area contributed by atoms with Gasteiger partial charge in [0.25, 0.3) is 5.91 Å². The number of benzene rings is 3. The van der Waals surface area contributed by atoms with Crippen molar-refractivity contribution >= 4 is 5.91 Å². The van der Waals surface area contributed by atoms with E-state index in [1.165, 1.54) is 5.56 Å². The van der Waals surface area contributed by atoms with Crippen LogP contribution in [0.4, 0.5) is 0 Å². The summed E-state index contributed by atoms with van der Waals surface area (Å²) in [6.07, 6.45) is 0.820. The summed E-state index contributed by atoms with van der Waals surface area (Å²) in [6, 6.07) is 17.6. The highest BCUT2D eigenvalue weighted by atomic mass is 16.6. The van der Waals surface area contributed by atoms with E-state index in [0.717, 1.165) is 23.1 Å². The first-order valence-electron chi connectivity index (χ1n) is 12.2. The fourth-order valence-electron chi connectivity index (χ4n) is 4.70. The number of ether oxygens (including phenoxy) is 5. The van der Waals surface area contributed by atoms with Crippen molar-refractivity contribution in [3.63, 3.8) is 0 Å². The second-order valence-corrected chi connectivity index (χ2v) is 9.06. The molecule has 0 saturated carbocycles. The van der Waals surface area contributed by atoms with Crippen molar-refractivity contribution in [3.05, 3.63) is 71.3 Å². The summed E-state index contributed by atoms with van der Waals surface area (Å²) in [6.45, 7) is 4.54. The number of hydrogen-bond donors (Lipinski definition) is 0. The van der Waals surface area contributed by atoms with Gasteiger partial charge in [-0.1, -0.05) is 24.3 Å². The monoisotopic (exact) mass is 489 g/mol. The Morgan fingerprint density at radius 1 is 1.00 bits per heavy atom. The molecule has 5 rings (SSSR count). The van der Waals surface area contributed by atoms with Crippen molar-refractivity contribution in [3.8, 4) is 34.1 Å². The van der Waals surface area contributed by atoms with E-state index in [2.05, 4.69) is 25.1 Å². The molecule has 1 unspecified atom stereocenters. The highest BCUT2D eigenvalue weighted by molar-refractivity contribution is 5.95. The fraction of sp³-hybridized carbons (Fsp3) is 0.345. The third-order valence-electron chi connectivity index (χ3n) is 6.62. The van der Waals surface area contributed by atoms with Gasteiger partial charge in [-0.3, -0.25) is 4.79 Å². The fourth-order valence-corrected chi connectivity index (χ4v) is 4.70. The lowest BCUT2D eigenvalue weighted by Crippen LogP contribution is -2.32. The van der Waals surface area contributed by atoms with Crippen LogP contribution in [-0.2, 0) is 11.3 Å². The van der Waals surface area contributed by atoms with Crippen molar-refractivity contribution in [2.75, 3.05) is 40.6 Å². The molecule has 2 heterocycles. The average molecular weight is 490 g/mol. The molecule has 1 saturated heterocycles. The smallest absolute Gasteiger partial charge is 0.254 e. The Balaban J connectivity index is 1.52. The molecule has 0 bridgehead atoms. The number of aryl methyl sites for hydroxylation is 1. The molecule has 0 radical (unpaired) electrons. The van der Waals surface area contributed by atoms with Crippen molar-refractivity contribution in [1.29, 1.82) is 0 Å². The van der Waals surface area contributed by atoms with Crippen LogP contribution in [0.25, 0.3) is 11.1 Å². The van der Waals surface area contributed by atoms with Crippen LogP contribution in [0.2, 0.25) is 0 Å². The maximum absolute atomic E-state index is 13.6. The Morgan fingerprint density at radius 3 is 2.47 bits per heavy atom. The van der Waals surface area contributed by atoms with Crippen LogP contribution in [0, 0.1) is 6.92 Å². The first kappa shape index (κ1) is 24.0. The molecule has 7 nitrogen and oxygen atoms in total. The van der Waals surface area contributed by atoms with Crippen LogP contribution in [0.15, 0.2) is 54.6 Å². The number of carbonyl (C=O) groups is 1. The van der Waals surface area contributed by atoms with Crippen LogP contribution in [0.3, 0.4) is 0 Å². The molecule has 2 aliphatic rings. The number of carbonyl (C=O) groups excluding carboxylic acids is 1. The highest BCUT2D eigenvalue weighted by Gasteiger charge is 2.27. The van der Waals surface area contributed by atoms with Crippen molar-refractivity contribution in [2.45, 2.75) is 26.0 Å². The second kappa shape index (κ2) is 10.5. The molecule has 2 aliphatic heterocycles. The number of methoxy groups -OCH3 is 2. The zero-order valence-corrected chi connectivity index (χ0v) is 20.9. The van der Waals surface area contributed by atoms with Crippen molar-refractivity contribution in [1.82, 2.24) is 4.90 Å². The van der Waals surface area contributed by atoms with Gasteiger partial charge in [0.15, 0.2) is 11.5 Å². The number of nitrogens with zero attached hydrogens (tertiary/aromatic N) is 1. The third kappa shape index (κ3) is 4.97. The normalized spacial score (nSPS) is 17.1. The summed E-state index contributed by atoms with van der Waals surface area (Å²) < 4.78 is 28.9. The number of amides is 1. The van der Waals surface area contributed by atoms with Gasteiger partial charge in [0.1, 0.15) is 24.2 Å². The van der Waals surface area contributed by atoms with Gasteiger partial charge in [-0.05, 0) is 47.9 Å². The quantitative estimate of drug-likeness (QED) is 0.492. The van der Waals surface area contributed by atoms with Crippen LogP contribution in [-0.4, -0.2) is 57.5 Å². The van der Waals surface area contributed by atoms with E-state index in [-0.39, 0.29) is 12.0 Å².